The van der Waals surface area contributed by atoms with Crippen LogP contribution in [-0.2, 0) is 9.53 Å². The molecule has 0 bridgehead atoms. The molecule has 0 spiro atoms. The largest absolute Gasteiger partial charge is 0.493 e. The van der Waals surface area contributed by atoms with Crippen LogP contribution in [0.2, 0.25) is 5.02 Å². The molecule has 2 aliphatic rings. The Kier molecular flexibility index (Phi) is 7.48. The van der Waals surface area contributed by atoms with E-state index >= 15 is 0 Å². The van der Waals surface area contributed by atoms with E-state index in [2.05, 4.69) is 10.6 Å². The van der Waals surface area contributed by atoms with Crippen molar-refractivity contribution in [2.24, 2.45) is 0 Å². The van der Waals surface area contributed by atoms with Crippen molar-refractivity contribution in [2.75, 3.05) is 13.7 Å². The molecule has 1 fully saturated rings. The Labute approximate surface area is 182 Å². The average molecular weight is 437 g/mol. The second kappa shape index (κ2) is 10.1. The first-order valence-corrected chi connectivity index (χ1v) is 10.9. The van der Waals surface area contributed by atoms with E-state index in [1.54, 1.807) is 26.2 Å². The minimum atomic E-state index is -0.749. The minimum absolute atomic E-state index is 0.144. The van der Waals surface area contributed by atoms with Crippen LogP contribution in [-0.4, -0.2) is 31.8 Å². The normalized spacial score (nSPS) is 19.3. The molecule has 0 radical (unpaired) electrons. The second-order valence-corrected chi connectivity index (χ2v) is 7.85. The van der Waals surface area contributed by atoms with Crippen molar-refractivity contribution in [1.29, 1.82) is 0 Å². The number of esters is 1. The van der Waals surface area contributed by atoms with Gasteiger partial charge < -0.3 is 24.8 Å². The standard InChI is InChI=1S/C22H29ClN2O5/c1-4-8-16-19(21(26)29-5-2)20(25-22(27)24-16)14-11-17(28-3)18(12-15(14)23)30-13-9-6-7-10-13/h11-13,20H,4-10H2,1-3H3,(H2,24,25,27)/t20-/m1/s1. The van der Waals surface area contributed by atoms with Crippen LogP contribution in [0, 0.1) is 0 Å². The first-order valence-electron chi connectivity index (χ1n) is 10.5. The maximum atomic E-state index is 12.8. The molecule has 1 atom stereocenters. The summed E-state index contributed by atoms with van der Waals surface area (Å²) in [5.41, 5.74) is 1.46. The van der Waals surface area contributed by atoms with Crippen LogP contribution in [0.3, 0.4) is 0 Å². The van der Waals surface area contributed by atoms with E-state index in [0.717, 1.165) is 32.1 Å². The summed E-state index contributed by atoms with van der Waals surface area (Å²) in [7, 11) is 1.56. The third-order valence-corrected chi connectivity index (χ3v) is 5.67. The van der Waals surface area contributed by atoms with Gasteiger partial charge in [0, 0.05) is 17.3 Å². The number of carbonyl (C=O) groups is 2. The Bertz CT molecular complexity index is 833. The molecule has 1 saturated carbocycles. The van der Waals surface area contributed by atoms with E-state index in [9.17, 15) is 9.59 Å². The van der Waals surface area contributed by atoms with Gasteiger partial charge >= 0.3 is 12.0 Å². The zero-order valence-corrected chi connectivity index (χ0v) is 18.4. The van der Waals surface area contributed by atoms with Crippen molar-refractivity contribution < 1.29 is 23.8 Å². The summed E-state index contributed by atoms with van der Waals surface area (Å²) in [5, 5.41) is 5.93. The van der Waals surface area contributed by atoms with Crippen LogP contribution in [0.4, 0.5) is 4.79 Å². The number of hydrogen-bond donors (Lipinski definition) is 2. The molecule has 3 rings (SSSR count). The van der Waals surface area contributed by atoms with Gasteiger partial charge in [-0.2, -0.15) is 0 Å². The van der Waals surface area contributed by atoms with E-state index in [1.807, 2.05) is 6.92 Å². The molecule has 0 saturated heterocycles. The lowest BCUT2D eigenvalue weighted by Gasteiger charge is -2.30. The van der Waals surface area contributed by atoms with Crippen LogP contribution in [0.15, 0.2) is 23.4 Å². The third kappa shape index (κ3) is 4.83. The molecule has 0 aromatic heterocycles. The Balaban J connectivity index is 2.03. The van der Waals surface area contributed by atoms with Crippen molar-refractivity contribution >= 4 is 23.6 Å². The molecule has 1 aromatic carbocycles. The van der Waals surface area contributed by atoms with E-state index < -0.39 is 18.0 Å². The van der Waals surface area contributed by atoms with Crippen LogP contribution in [0.25, 0.3) is 0 Å². The molecule has 1 aliphatic carbocycles. The van der Waals surface area contributed by atoms with Crippen molar-refractivity contribution in [1.82, 2.24) is 10.6 Å². The van der Waals surface area contributed by atoms with Crippen LogP contribution < -0.4 is 20.1 Å². The van der Waals surface area contributed by atoms with E-state index in [0.29, 0.717) is 39.8 Å². The van der Waals surface area contributed by atoms with E-state index in [-0.39, 0.29) is 12.7 Å². The van der Waals surface area contributed by atoms with Gasteiger partial charge in [0.05, 0.1) is 36.5 Å². The number of ether oxygens (including phenoxy) is 3. The molecule has 2 N–H and O–H groups in total. The van der Waals surface area contributed by atoms with Gasteiger partial charge in [0.1, 0.15) is 0 Å². The number of carbonyl (C=O) groups excluding carboxylic acids is 2. The number of rotatable bonds is 8. The summed E-state index contributed by atoms with van der Waals surface area (Å²) in [5.74, 6) is 0.586. The van der Waals surface area contributed by atoms with Crippen LogP contribution in [0.1, 0.15) is 64.0 Å². The molecule has 8 heteroatoms. The lowest BCUT2D eigenvalue weighted by molar-refractivity contribution is -0.139. The highest BCUT2D eigenvalue weighted by atomic mass is 35.5. The first-order chi connectivity index (χ1) is 14.5. The maximum absolute atomic E-state index is 12.8. The summed E-state index contributed by atoms with van der Waals surface area (Å²) >= 11 is 6.61. The van der Waals surface area contributed by atoms with Gasteiger partial charge in [0.2, 0.25) is 0 Å². The lowest BCUT2D eigenvalue weighted by Crippen LogP contribution is -2.46. The summed E-state index contributed by atoms with van der Waals surface area (Å²) in [6, 6.07) is 2.29. The van der Waals surface area contributed by atoms with Gasteiger partial charge in [-0.05, 0) is 45.1 Å². The molecule has 1 heterocycles. The Morgan fingerprint density at radius 1 is 1.20 bits per heavy atom. The summed E-state index contributed by atoms with van der Waals surface area (Å²) in [6.45, 7) is 3.95. The van der Waals surface area contributed by atoms with Crippen LogP contribution in [0.5, 0.6) is 11.5 Å². The fraction of sp³-hybridized carbons (Fsp3) is 0.545. The van der Waals surface area contributed by atoms with Gasteiger partial charge in [0.25, 0.3) is 0 Å². The lowest BCUT2D eigenvalue weighted by atomic mass is 9.93. The van der Waals surface area contributed by atoms with Crippen LogP contribution >= 0.6 is 11.6 Å². The number of urea groups is 1. The zero-order valence-electron chi connectivity index (χ0n) is 17.7. The number of halogens is 1. The van der Waals surface area contributed by atoms with Gasteiger partial charge in [0.15, 0.2) is 11.5 Å². The van der Waals surface area contributed by atoms with Gasteiger partial charge in [-0.3, -0.25) is 0 Å². The average Bonchev–Trinajstić information content (AvgIpc) is 3.21. The predicted octanol–water partition coefficient (Wildman–Crippen LogP) is 4.64. The second-order valence-electron chi connectivity index (χ2n) is 7.44. The van der Waals surface area contributed by atoms with Crippen molar-refractivity contribution in [3.05, 3.63) is 34.0 Å². The predicted molar refractivity (Wildman–Crippen MR) is 114 cm³/mol. The molecule has 1 aliphatic heterocycles. The van der Waals surface area contributed by atoms with Crippen molar-refractivity contribution in [2.45, 2.75) is 64.5 Å². The van der Waals surface area contributed by atoms with Crippen molar-refractivity contribution in [3.63, 3.8) is 0 Å². The number of methoxy groups -OCH3 is 1. The maximum Gasteiger partial charge on any atom is 0.338 e. The quantitative estimate of drug-likeness (QED) is 0.580. The minimum Gasteiger partial charge on any atom is -0.493 e. The zero-order chi connectivity index (χ0) is 21.7. The molecule has 7 nitrogen and oxygen atoms in total. The highest BCUT2D eigenvalue weighted by molar-refractivity contribution is 6.31. The number of allylic oxidation sites excluding steroid dienone is 1. The number of amides is 2. The summed E-state index contributed by atoms with van der Waals surface area (Å²) in [6.07, 6.45) is 5.74. The topological polar surface area (TPSA) is 85.9 Å². The number of nitrogens with one attached hydrogen (secondary N) is 2. The fourth-order valence-electron chi connectivity index (χ4n) is 3.96. The molecule has 30 heavy (non-hydrogen) atoms. The van der Waals surface area contributed by atoms with Crippen molar-refractivity contribution in [3.8, 4) is 11.5 Å². The monoisotopic (exact) mass is 436 g/mol. The van der Waals surface area contributed by atoms with Gasteiger partial charge in [-0.25, -0.2) is 9.59 Å². The SMILES string of the molecule is CCCC1=C(C(=O)OCC)[C@@H](c2cc(OC)c(OC3CCCC3)cc2Cl)NC(=O)N1. The number of hydrogen-bond acceptors (Lipinski definition) is 5. The van der Waals surface area contributed by atoms with E-state index in [1.165, 1.54) is 0 Å². The Morgan fingerprint density at radius 3 is 2.57 bits per heavy atom. The van der Waals surface area contributed by atoms with Gasteiger partial charge in [-0.15, -0.1) is 0 Å². The Hall–Kier alpha value is -2.41. The smallest absolute Gasteiger partial charge is 0.338 e. The molecular formula is C22H29ClN2O5. The number of benzene rings is 1. The highest BCUT2D eigenvalue weighted by Gasteiger charge is 2.35. The molecule has 1 aromatic rings. The molecule has 2 amide bonds. The summed E-state index contributed by atoms with van der Waals surface area (Å²) in [4.78, 5) is 25.1. The van der Waals surface area contributed by atoms with E-state index in [4.69, 9.17) is 25.8 Å². The highest BCUT2D eigenvalue weighted by Crippen LogP contribution is 2.41. The van der Waals surface area contributed by atoms with Gasteiger partial charge in [-0.1, -0.05) is 24.9 Å². The molecular weight excluding hydrogens is 408 g/mol. The first kappa shape index (κ1) is 22.3. The molecule has 164 valence electrons. The molecule has 0 unspecified atom stereocenters. The third-order valence-electron chi connectivity index (χ3n) is 5.34. The Morgan fingerprint density at radius 2 is 1.93 bits per heavy atom. The summed E-state index contributed by atoms with van der Waals surface area (Å²) < 4.78 is 16.9. The fourth-order valence-corrected chi connectivity index (χ4v) is 4.22.